The van der Waals surface area contributed by atoms with Crippen LogP contribution in [0.15, 0.2) is 0 Å². The summed E-state index contributed by atoms with van der Waals surface area (Å²) >= 11 is 0. The van der Waals surface area contributed by atoms with Crippen LogP contribution >= 0.6 is 0 Å². The number of likely N-dealkylation sites (tertiary alicyclic amines) is 1. The van der Waals surface area contributed by atoms with Gasteiger partial charge in [0, 0.05) is 32.3 Å². The number of hydrogen-bond acceptors (Lipinski definition) is 3. The largest absolute Gasteiger partial charge is 0.382 e. The van der Waals surface area contributed by atoms with E-state index in [0.717, 1.165) is 44.6 Å². The Bertz CT molecular complexity index is 259. The molecular formula is C17H34N2O. The number of nitrogens with zero attached hydrogens (tertiary/aromatic N) is 1. The molecule has 3 atom stereocenters. The van der Waals surface area contributed by atoms with Crippen LogP contribution in [0.4, 0.5) is 0 Å². The van der Waals surface area contributed by atoms with Gasteiger partial charge >= 0.3 is 0 Å². The predicted octanol–water partition coefficient (Wildman–Crippen LogP) is 2.90. The van der Waals surface area contributed by atoms with Gasteiger partial charge in [0.05, 0.1) is 0 Å². The number of fused-ring (bicyclic) bond motifs is 1. The van der Waals surface area contributed by atoms with E-state index in [1.165, 1.54) is 45.2 Å². The monoisotopic (exact) mass is 282 g/mol. The van der Waals surface area contributed by atoms with Gasteiger partial charge < -0.3 is 10.1 Å². The summed E-state index contributed by atoms with van der Waals surface area (Å²) in [6.45, 7) is 11.1. The molecule has 3 heteroatoms. The van der Waals surface area contributed by atoms with E-state index in [-0.39, 0.29) is 0 Å². The first-order chi connectivity index (χ1) is 9.81. The van der Waals surface area contributed by atoms with Crippen molar-refractivity contribution in [2.75, 3.05) is 39.4 Å². The second kappa shape index (κ2) is 9.01. The molecule has 1 saturated heterocycles. The molecule has 118 valence electrons. The number of ether oxygens (including phenoxy) is 1. The molecule has 2 aliphatic rings. The molecule has 1 aliphatic heterocycles. The maximum atomic E-state index is 5.37. The van der Waals surface area contributed by atoms with E-state index in [1.807, 2.05) is 0 Å². The standard InChI is InChI=1S/C17H34N2O/c1-3-20-12-6-10-18-13-15(2)19-11-9-16-7-4-5-8-17(16)14-19/h15-18H,3-14H2,1-2H3. The van der Waals surface area contributed by atoms with Gasteiger partial charge in [0.15, 0.2) is 0 Å². The average molecular weight is 282 g/mol. The van der Waals surface area contributed by atoms with E-state index < -0.39 is 0 Å². The van der Waals surface area contributed by atoms with Gasteiger partial charge in [0.2, 0.25) is 0 Å². The van der Waals surface area contributed by atoms with E-state index in [2.05, 4.69) is 24.1 Å². The molecule has 1 saturated carbocycles. The molecule has 20 heavy (non-hydrogen) atoms. The molecule has 0 aromatic rings. The number of hydrogen-bond donors (Lipinski definition) is 1. The van der Waals surface area contributed by atoms with Gasteiger partial charge in [0.25, 0.3) is 0 Å². The second-order valence-corrected chi connectivity index (χ2v) is 6.69. The number of piperidine rings is 1. The van der Waals surface area contributed by atoms with Gasteiger partial charge in [-0.2, -0.15) is 0 Å². The molecule has 2 rings (SSSR count). The third kappa shape index (κ3) is 5.01. The Labute approximate surface area is 125 Å². The zero-order chi connectivity index (χ0) is 14.2. The Morgan fingerprint density at radius 3 is 2.80 bits per heavy atom. The molecule has 0 aromatic carbocycles. The van der Waals surface area contributed by atoms with Gasteiger partial charge in [-0.25, -0.2) is 0 Å². The van der Waals surface area contributed by atoms with Crippen molar-refractivity contribution in [2.45, 2.75) is 58.4 Å². The lowest BCUT2D eigenvalue weighted by Gasteiger charge is -2.43. The topological polar surface area (TPSA) is 24.5 Å². The minimum absolute atomic E-state index is 0.685. The molecule has 0 radical (unpaired) electrons. The summed E-state index contributed by atoms with van der Waals surface area (Å²) in [5.74, 6) is 2.05. The molecule has 0 amide bonds. The highest BCUT2D eigenvalue weighted by Gasteiger charge is 2.32. The van der Waals surface area contributed by atoms with Gasteiger partial charge in [0.1, 0.15) is 0 Å². The van der Waals surface area contributed by atoms with E-state index >= 15 is 0 Å². The second-order valence-electron chi connectivity index (χ2n) is 6.69. The summed E-state index contributed by atoms with van der Waals surface area (Å²) in [6, 6.07) is 0.685. The van der Waals surface area contributed by atoms with Crippen molar-refractivity contribution in [1.82, 2.24) is 10.2 Å². The fourth-order valence-corrected chi connectivity index (χ4v) is 3.91. The summed E-state index contributed by atoms with van der Waals surface area (Å²) < 4.78 is 5.37. The van der Waals surface area contributed by atoms with Crippen LogP contribution in [-0.2, 0) is 4.74 Å². The zero-order valence-corrected chi connectivity index (χ0v) is 13.6. The maximum Gasteiger partial charge on any atom is 0.0477 e. The fraction of sp³-hybridized carbons (Fsp3) is 1.00. The van der Waals surface area contributed by atoms with Gasteiger partial charge in [-0.1, -0.05) is 19.3 Å². The molecule has 0 bridgehead atoms. The average Bonchev–Trinajstić information content (AvgIpc) is 2.50. The van der Waals surface area contributed by atoms with Gasteiger partial charge in [-0.05, 0) is 58.0 Å². The van der Waals surface area contributed by atoms with Crippen LogP contribution in [-0.4, -0.2) is 50.3 Å². The van der Waals surface area contributed by atoms with Crippen molar-refractivity contribution in [3.05, 3.63) is 0 Å². The van der Waals surface area contributed by atoms with Crippen LogP contribution in [0.25, 0.3) is 0 Å². The van der Waals surface area contributed by atoms with Crippen molar-refractivity contribution in [3.8, 4) is 0 Å². The molecule has 1 aliphatic carbocycles. The number of rotatable bonds is 8. The fourth-order valence-electron chi connectivity index (χ4n) is 3.91. The molecule has 3 unspecified atom stereocenters. The van der Waals surface area contributed by atoms with E-state index in [1.54, 1.807) is 0 Å². The van der Waals surface area contributed by atoms with Crippen molar-refractivity contribution < 1.29 is 4.74 Å². The Morgan fingerprint density at radius 1 is 1.20 bits per heavy atom. The maximum absolute atomic E-state index is 5.37. The molecule has 3 nitrogen and oxygen atoms in total. The van der Waals surface area contributed by atoms with Crippen LogP contribution in [0.1, 0.15) is 52.4 Å². The highest BCUT2D eigenvalue weighted by Crippen LogP contribution is 2.36. The minimum atomic E-state index is 0.685. The first-order valence-electron chi connectivity index (χ1n) is 8.83. The summed E-state index contributed by atoms with van der Waals surface area (Å²) in [4.78, 5) is 2.72. The Kier molecular flexibility index (Phi) is 7.32. The first kappa shape index (κ1) is 16.3. The normalized spacial score (nSPS) is 29.1. The molecular weight excluding hydrogens is 248 g/mol. The summed E-state index contributed by atoms with van der Waals surface area (Å²) in [6.07, 6.45) is 8.51. The van der Waals surface area contributed by atoms with Crippen LogP contribution in [0.5, 0.6) is 0 Å². The third-order valence-corrected chi connectivity index (χ3v) is 5.23. The Balaban J connectivity index is 1.59. The van der Waals surface area contributed by atoms with Crippen LogP contribution in [0, 0.1) is 11.8 Å². The smallest absolute Gasteiger partial charge is 0.0477 e. The Hall–Kier alpha value is -0.120. The highest BCUT2D eigenvalue weighted by atomic mass is 16.5. The van der Waals surface area contributed by atoms with Crippen LogP contribution in [0.2, 0.25) is 0 Å². The van der Waals surface area contributed by atoms with Crippen molar-refractivity contribution in [1.29, 1.82) is 0 Å². The molecule has 1 heterocycles. The molecule has 0 spiro atoms. The van der Waals surface area contributed by atoms with Crippen LogP contribution < -0.4 is 5.32 Å². The number of nitrogens with one attached hydrogen (secondary N) is 1. The van der Waals surface area contributed by atoms with Crippen molar-refractivity contribution in [3.63, 3.8) is 0 Å². The minimum Gasteiger partial charge on any atom is -0.382 e. The predicted molar refractivity (Wildman–Crippen MR) is 85.1 cm³/mol. The summed E-state index contributed by atoms with van der Waals surface area (Å²) in [7, 11) is 0. The lowest BCUT2D eigenvalue weighted by Crippen LogP contribution is -2.49. The summed E-state index contributed by atoms with van der Waals surface area (Å²) in [5.41, 5.74) is 0. The van der Waals surface area contributed by atoms with Gasteiger partial charge in [-0.15, -0.1) is 0 Å². The van der Waals surface area contributed by atoms with E-state index in [4.69, 9.17) is 4.74 Å². The Morgan fingerprint density at radius 2 is 2.00 bits per heavy atom. The van der Waals surface area contributed by atoms with Crippen LogP contribution in [0.3, 0.4) is 0 Å². The lowest BCUT2D eigenvalue weighted by atomic mass is 9.75. The quantitative estimate of drug-likeness (QED) is 0.693. The molecule has 0 aromatic heterocycles. The molecule has 2 fully saturated rings. The van der Waals surface area contributed by atoms with E-state index in [0.29, 0.717) is 6.04 Å². The molecule has 1 N–H and O–H groups in total. The van der Waals surface area contributed by atoms with Crippen molar-refractivity contribution >= 4 is 0 Å². The third-order valence-electron chi connectivity index (χ3n) is 5.23. The summed E-state index contributed by atoms with van der Waals surface area (Å²) in [5, 5.41) is 3.59. The SMILES string of the molecule is CCOCCCNCC(C)N1CCC2CCCCC2C1. The first-order valence-corrected chi connectivity index (χ1v) is 8.83. The van der Waals surface area contributed by atoms with E-state index in [9.17, 15) is 0 Å². The zero-order valence-electron chi connectivity index (χ0n) is 13.6. The van der Waals surface area contributed by atoms with Crippen molar-refractivity contribution in [2.24, 2.45) is 11.8 Å². The lowest BCUT2D eigenvalue weighted by molar-refractivity contribution is 0.0615. The highest BCUT2D eigenvalue weighted by molar-refractivity contribution is 4.85. The van der Waals surface area contributed by atoms with Gasteiger partial charge in [-0.3, -0.25) is 4.90 Å².